The van der Waals surface area contributed by atoms with Crippen LogP contribution in [0.3, 0.4) is 0 Å². The van der Waals surface area contributed by atoms with Crippen molar-refractivity contribution in [2.75, 3.05) is 6.61 Å². The van der Waals surface area contributed by atoms with E-state index in [9.17, 15) is 4.39 Å². The highest BCUT2D eigenvalue weighted by Gasteiger charge is 2.37. The summed E-state index contributed by atoms with van der Waals surface area (Å²) in [6.07, 6.45) is 1.000. The molecule has 1 saturated carbocycles. The topological polar surface area (TPSA) is 20.2 Å². The van der Waals surface area contributed by atoms with Crippen LogP contribution in [0.5, 0.6) is 0 Å². The van der Waals surface area contributed by atoms with Crippen molar-refractivity contribution in [1.29, 1.82) is 0 Å². The Morgan fingerprint density at radius 3 is 2.92 bits per heavy atom. The van der Waals surface area contributed by atoms with Gasteiger partial charge in [-0.25, -0.2) is 4.39 Å². The standard InChI is InChI=1S/C10H11FO/c11-9-3-1-2-7(4-9)10-5-8(10)6-12/h1-4,8,10,12H,5-6H2/t8-,10-/m1/s1. The first-order valence-electron chi connectivity index (χ1n) is 4.17. The molecule has 1 aliphatic carbocycles. The maximum atomic E-state index is 12.7. The molecule has 0 heterocycles. The van der Waals surface area contributed by atoms with Gasteiger partial charge in [-0.05, 0) is 36.0 Å². The van der Waals surface area contributed by atoms with Gasteiger partial charge in [0.05, 0.1) is 0 Å². The molecule has 0 unspecified atom stereocenters. The number of aliphatic hydroxyl groups is 1. The summed E-state index contributed by atoms with van der Waals surface area (Å²) in [5, 5.41) is 8.81. The van der Waals surface area contributed by atoms with Gasteiger partial charge in [0.1, 0.15) is 5.82 Å². The van der Waals surface area contributed by atoms with Crippen LogP contribution in [0, 0.1) is 11.7 Å². The lowest BCUT2D eigenvalue weighted by Crippen LogP contribution is -1.88. The van der Waals surface area contributed by atoms with E-state index in [0.717, 1.165) is 12.0 Å². The summed E-state index contributed by atoms with van der Waals surface area (Å²) < 4.78 is 12.7. The van der Waals surface area contributed by atoms with E-state index >= 15 is 0 Å². The van der Waals surface area contributed by atoms with Gasteiger partial charge in [0.15, 0.2) is 0 Å². The first kappa shape index (κ1) is 7.74. The van der Waals surface area contributed by atoms with Crippen LogP contribution < -0.4 is 0 Å². The zero-order valence-corrected chi connectivity index (χ0v) is 6.70. The molecule has 0 spiro atoms. The second-order valence-electron chi connectivity index (χ2n) is 3.34. The maximum Gasteiger partial charge on any atom is 0.123 e. The molecule has 1 aromatic rings. The molecule has 2 atom stereocenters. The lowest BCUT2D eigenvalue weighted by atomic mass is 10.1. The number of halogens is 1. The van der Waals surface area contributed by atoms with Crippen LogP contribution in [-0.4, -0.2) is 11.7 Å². The molecule has 1 nitrogen and oxygen atoms in total. The second-order valence-corrected chi connectivity index (χ2v) is 3.34. The van der Waals surface area contributed by atoms with Crippen LogP contribution in [0.4, 0.5) is 4.39 Å². The van der Waals surface area contributed by atoms with Gasteiger partial charge in [0, 0.05) is 6.61 Å². The predicted octanol–water partition coefficient (Wildman–Crippen LogP) is 1.92. The number of aliphatic hydroxyl groups excluding tert-OH is 1. The molecule has 0 saturated heterocycles. The quantitative estimate of drug-likeness (QED) is 0.711. The third kappa shape index (κ3) is 1.34. The van der Waals surface area contributed by atoms with Gasteiger partial charge in [-0.3, -0.25) is 0 Å². The molecule has 0 amide bonds. The summed E-state index contributed by atoms with van der Waals surface area (Å²) in [6.45, 7) is 0.223. The van der Waals surface area contributed by atoms with E-state index in [1.165, 1.54) is 6.07 Å². The van der Waals surface area contributed by atoms with Crippen molar-refractivity contribution in [2.24, 2.45) is 5.92 Å². The Balaban J connectivity index is 2.14. The van der Waals surface area contributed by atoms with Crippen molar-refractivity contribution in [3.63, 3.8) is 0 Å². The fraction of sp³-hybridized carbons (Fsp3) is 0.400. The van der Waals surface area contributed by atoms with Crippen molar-refractivity contribution in [1.82, 2.24) is 0 Å². The van der Waals surface area contributed by atoms with Crippen molar-refractivity contribution in [2.45, 2.75) is 12.3 Å². The molecule has 1 N–H and O–H groups in total. The molecule has 0 bridgehead atoms. The summed E-state index contributed by atoms with van der Waals surface area (Å²) in [5.74, 6) is 0.577. The Morgan fingerprint density at radius 2 is 2.33 bits per heavy atom. The number of benzene rings is 1. The monoisotopic (exact) mass is 166 g/mol. The molecule has 1 fully saturated rings. The Labute approximate surface area is 70.8 Å². The van der Waals surface area contributed by atoms with E-state index in [-0.39, 0.29) is 12.4 Å². The van der Waals surface area contributed by atoms with E-state index in [1.54, 1.807) is 12.1 Å². The van der Waals surface area contributed by atoms with E-state index < -0.39 is 0 Å². The molecule has 0 aromatic heterocycles. The van der Waals surface area contributed by atoms with E-state index in [0.29, 0.717) is 11.8 Å². The molecule has 12 heavy (non-hydrogen) atoms. The minimum atomic E-state index is -0.184. The summed E-state index contributed by atoms with van der Waals surface area (Å²) in [5.41, 5.74) is 1.02. The van der Waals surface area contributed by atoms with Gasteiger partial charge < -0.3 is 5.11 Å². The summed E-state index contributed by atoms with van der Waals surface area (Å²) >= 11 is 0. The van der Waals surface area contributed by atoms with Gasteiger partial charge in [-0.2, -0.15) is 0 Å². The first-order valence-corrected chi connectivity index (χ1v) is 4.17. The molecule has 2 rings (SSSR count). The van der Waals surface area contributed by atoms with Crippen molar-refractivity contribution < 1.29 is 9.50 Å². The highest BCUT2D eigenvalue weighted by molar-refractivity contribution is 5.26. The summed E-state index contributed by atoms with van der Waals surface area (Å²) in [7, 11) is 0. The molecule has 1 aromatic carbocycles. The fourth-order valence-electron chi connectivity index (χ4n) is 1.59. The minimum Gasteiger partial charge on any atom is -0.396 e. The second kappa shape index (κ2) is 2.87. The molecular weight excluding hydrogens is 155 g/mol. The van der Waals surface area contributed by atoms with Gasteiger partial charge in [0.2, 0.25) is 0 Å². The number of hydrogen-bond donors (Lipinski definition) is 1. The van der Waals surface area contributed by atoms with Crippen LogP contribution in [0.25, 0.3) is 0 Å². The highest BCUT2D eigenvalue weighted by Crippen LogP contribution is 2.46. The fourth-order valence-corrected chi connectivity index (χ4v) is 1.59. The lowest BCUT2D eigenvalue weighted by molar-refractivity contribution is 0.274. The average molecular weight is 166 g/mol. The third-order valence-corrected chi connectivity index (χ3v) is 2.43. The Bertz CT molecular complexity index is 285. The molecular formula is C10H11FO. The van der Waals surface area contributed by atoms with Gasteiger partial charge >= 0.3 is 0 Å². The van der Waals surface area contributed by atoms with Crippen LogP contribution in [0.1, 0.15) is 17.9 Å². The van der Waals surface area contributed by atoms with Crippen LogP contribution in [-0.2, 0) is 0 Å². The predicted molar refractivity (Wildman–Crippen MR) is 44.3 cm³/mol. The summed E-state index contributed by atoms with van der Waals surface area (Å²) in [4.78, 5) is 0. The Hall–Kier alpha value is -0.890. The van der Waals surface area contributed by atoms with Crippen LogP contribution in [0.2, 0.25) is 0 Å². The molecule has 2 heteroatoms. The van der Waals surface area contributed by atoms with Crippen molar-refractivity contribution in [3.8, 4) is 0 Å². The van der Waals surface area contributed by atoms with Gasteiger partial charge in [0.25, 0.3) is 0 Å². The smallest absolute Gasteiger partial charge is 0.123 e. The largest absolute Gasteiger partial charge is 0.396 e. The third-order valence-electron chi connectivity index (χ3n) is 2.43. The normalized spacial score (nSPS) is 27.2. The first-order chi connectivity index (χ1) is 5.81. The molecule has 1 aliphatic rings. The van der Waals surface area contributed by atoms with E-state index in [1.807, 2.05) is 6.07 Å². The van der Waals surface area contributed by atoms with Gasteiger partial charge in [-0.15, -0.1) is 0 Å². The van der Waals surface area contributed by atoms with E-state index in [4.69, 9.17) is 5.11 Å². The zero-order valence-electron chi connectivity index (χ0n) is 6.70. The SMILES string of the molecule is OC[C@H]1C[C@@H]1c1cccc(F)c1. The lowest BCUT2D eigenvalue weighted by Gasteiger charge is -1.97. The highest BCUT2D eigenvalue weighted by atomic mass is 19.1. The number of rotatable bonds is 2. The Kier molecular flexibility index (Phi) is 1.85. The zero-order chi connectivity index (χ0) is 8.55. The molecule has 0 aliphatic heterocycles. The van der Waals surface area contributed by atoms with Crippen LogP contribution >= 0.6 is 0 Å². The average Bonchev–Trinajstić information content (AvgIpc) is 2.83. The minimum absolute atomic E-state index is 0.184. The number of hydrogen-bond acceptors (Lipinski definition) is 1. The van der Waals surface area contributed by atoms with Gasteiger partial charge in [-0.1, -0.05) is 12.1 Å². The Morgan fingerprint density at radius 1 is 1.50 bits per heavy atom. The van der Waals surface area contributed by atoms with Crippen molar-refractivity contribution >= 4 is 0 Å². The molecule has 0 radical (unpaired) electrons. The van der Waals surface area contributed by atoms with E-state index in [2.05, 4.69) is 0 Å². The van der Waals surface area contributed by atoms with Crippen LogP contribution in [0.15, 0.2) is 24.3 Å². The molecule has 64 valence electrons. The maximum absolute atomic E-state index is 12.7. The summed E-state index contributed by atoms with van der Waals surface area (Å²) in [6, 6.07) is 6.64. The van der Waals surface area contributed by atoms with Crippen molar-refractivity contribution in [3.05, 3.63) is 35.6 Å².